The zero-order chi connectivity index (χ0) is 14.1. The zero-order valence-corrected chi connectivity index (χ0v) is 9.96. The van der Waals surface area contributed by atoms with Crippen LogP contribution in [0.1, 0.15) is 25.7 Å². The van der Waals surface area contributed by atoms with Crippen LogP contribution in [0.5, 0.6) is 0 Å². The van der Waals surface area contributed by atoms with Crippen molar-refractivity contribution < 1.29 is 24.6 Å². The summed E-state index contributed by atoms with van der Waals surface area (Å²) in [5.41, 5.74) is 10.8. The normalized spacial score (nSPS) is 13.7. The molecule has 8 nitrogen and oxygen atoms in total. The smallest absolute Gasteiger partial charge is 0.326 e. The molecule has 0 aliphatic rings. The average Bonchev–Trinajstić information content (AvgIpc) is 2.30. The van der Waals surface area contributed by atoms with Gasteiger partial charge in [-0.05, 0) is 25.8 Å². The Morgan fingerprint density at radius 3 is 2.22 bits per heavy atom. The molecule has 8 heteroatoms. The third-order valence-electron chi connectivity index (χ3n) is 2.32. The minimum absolute atomic E-state index is 0.181. The van der Waals surface area contributed by atoms with Crippen LogP contribution in [0.25, 0.3) is 0 Å². The topological polar surface area (TPSA) is 156 Å². The van der Waals surface area contributed by atoms with E-state index in [2.05, 4.69) is 5.32 Å². The summed E-state index contributed by atoms with van der Waals surface area (Å²) in [5.74, 6) is -3.01. The molecule has 0 unspecified atom stereocenters. The number of carboxylic acid groups (broad SMARTS) is 2. The monoisotopic (exact) mass is 261 g/mol. The molecule has 0 aromatic heterocycles. The molecule has 2 atom stereocenters. The van der Waals surface area contributed by atoms with E-state index in [1.165, 1.54) is 0 Å². The number of amides is 1. The number of nitrogens with two attached hydrogens (primary N) is 2. The quantitative estimate of drug-likeness (QED) is 0.337. The number of rotatable bonds is 9. The van der Waals surface area contributed by atoms with E-state index in [1.54, 1.807) is 0 Å². The Morgan fingerprint density at radius 1 is 1.17 bits per heavy atom. The van der Waals surface area contributed by atoms with Crippen LogP contribution in [-0.4, -0.2) is 46.7 Å². The van der Waals surface area contributed by atoms with Gasteiger partial charge in [-0.15, -0.1) is 0 Å². The maximum absolute atomic E-state index is 11.5. The van der Waals surface area contributed by atoms with Gasteiger partial charge in [0.2, 0.25) is 5.91 Å². The van der Waals surface area contributed by atoms with Crippen molar-refractivity contribution in [2.75, 3.05) is 6.54 Å². The van der Waals surface area contributed by atoms with Crippen LogP contribution in [0.3, 0.4) is 0 Å². The summed E-state index contributed by atoms with van der Waals surface area (Å²) in [6.07, 6.45) is 0.393. The number of aliphatic carboxylic acids is 2. The molecular weight excluding hydrogens is 242 g/mol. The zero-order valence-electron chi connectivity index (χ0n) is 9.96. The van der Waals surface area contributed by atoms with Gasteiger partial charge in [-0.2, -0.15) is 0 Å². The second-order valence-corrected chi connectivity index (χ2v) is 3.87. The Labute approximate surface area is 104 Å². The van der Waals surface area contributed by atoms with Gasteiger partial charge >= 0.3 is 11.9 Å². The van der Waals surface area contributed by atoms with Gasteiger partial charge in [-0.3, -0.25) is 9.59 Å². The highest BCUT2D eigenvalue weighted by Crippen LogP contribution is 2.00. The fraction of sp³-hybridized carbons (Fsp3) is 0.700. The van der Waals surface area contributed by atoms with Gasteiger partial charge in [0.1, 0.15) is 6.04 Å². The maximum atomic E-state index is 11.5. The van der Waals surface area contributed by atoms with E-state index in [0.717, 1.165) is 0 Å². The Balaban J connectivity index is 4.26. The molecule has 0 aromatic rings. The van der Waals surface area contributed by atoms with Crippen molar-refractivity contribution in [3.05, 3.63) is 0 Å². The lowest BCUT2D eigenvalue weighted by Crippen LogP contribution is -2.48. The first kappa shape index (κ1) is 16.3. The maximum Gasteiger partial charge on any atom is 0.326 e. The van der Waals surface area contributed by atoms with Gasteiger partial charge in [0.05, 0.1) is 6.04 Å². The van der Waals surface area contributed by atoms with Crippen molar-refractivity contribution in [3.8, 4) is 0 Å². The lowest BCUT2D eigenvalue weighted by atomic mass is 10.1. The minimum atomic E-state index is -1.28. The second-order valence-electron chi connectivity index (χ2n) is 3.87. The Bertz CT molecular complexity index is 308. The van der Waals surface area contributed by atoms with Crippen LogP contribution in [0, 0.1) is 0 Å². The van der Waals surface area contributed by atoms with Crippen molar-refractivity contribution in [1.82, 2.24) is 5.32 Å². The van der Waals surface area contributed by atoms with E-state index in [0.29, 0.717) is 19.4 Å². The van der Waals surface area contributed by atoms with Gasteiger partial charge in [-0.25, -0.2) is 4.79 Å². The van der Waals surface area contributed by atoms with E-state index in [-0.39, 0.29) is 12.8 Å². The van der Waals surface area contributed by atoms with E-state index in [1.807, 2.05) is 0 Å². The first-order valence-electron chi connectivity index (χ1n) is 5.59. The Hall–Kier alpha value is -1.67. The molecule has 0 saturated heterocycles. The van der Waals surface area contributed by atoms with Crippen LogP contribution in [-0.2, 0) is 14.4 Å². The summed E-state index contributed by atoms with van der Waals surface area (Å²) in [6.45, 7) is 0.391. The highest BCUT2D eigenvalue weighted by molar-refractivity contribution is 5.87. The predicted molar refractivity (Wildman–Crippen MR) is 62.7 cm³/mol. The minimum Gasteiger partial charge on any atom is -0.481 e. The van der Waals surface area contributed by atoms with Gasteiger partial charge in [0, 0.05) is 6.42 Å². The molecular formula is C10H19N3O5. The summed E-state index contributed by atoms with van der Waals surface area (Å²) in [6, 6.07) is -2.07. The largest absolute Gasteiger partial charge is 0.481 e. The number of hydrogen-bond acceptors (Lipinski definition) is 5. The fourth-order valence-corrected chi connectivity index (χ4v) is 1.27. The van der Waals surface area contributed by atoms with Gasteiger partial charge in [0.25, 0.3) is 0 Å². The summed E-state index contributed by atoms with van der Waals surface area (Å²) in [5, 5.41) is 19.5. The van der Waals surface area contributed by atoms with E-state index >= 15 is 0 Å². The second kappa shape index (κ2) is 8.43. The summed E-state index contributed by atoms with van der Waals surface area (Å²) in [4.78, 5) is 32.7. The number of carboxylic acids is 2. The standard InChI is InChI=1S/C10H19N3O5/c11-5-1-2-6(12)9(16)13-7(10(17)18)3-4-8(14)15/h6-7H,1-5,11-12H2,(H,13,16)(H,14,15)(H,17,18)/t6-,7-/m0/s1. The number of hydrogen-bond donors (Lipinski definition) is 5. The first-order valence-corrected chi connectivity index (χ1v) is 5.59. The molecule has 0 aliphatic carbocycles. The van der Waals surface area contributed by atoms with E-state index < -0.39 is 29.9 Å². The van der Waals surface area contributed by atoms with Gasteiger partial charge in [0.15, 0.2) is 0 Å². The number of carbonyl (C=O) groups excluding carboxylic acids is 1. The first-order chi connectivity index (χ1) is 8.38. The van der Waals surface area contributed by atoms with Crippen molar-refractivity contribution >= 4 is 17.8 Å². The molecule has 0 aliphatic heterocycles. The SMILES string of the molecule is NCCC[C@H](N)C(=O)N[C@@H](CCC(=O)O)C(=O)O. The van der Waals surface area contributed by atoms with Crippen molar-refractivity contribution in [3.63, 3.8) is 0 Å². The lowest BCUT2D eigenvalue weighted by molar-refractivity contribution is -0.143. The van der Waals surface area contributed by atoms with E-state index in [9.17, 15) is 14.4 Å². The molecule has 104 valence electrons. The third kappa shape index (κ3) is 6.81. The van der Waals surface area contributed by atoms with Crippen molar-refractivity contribution in [1.29, 1.82) is 0 Å². The van der Waals surface area contributed by atoms with Crippen LogP contribution in [0.4, 0.5) is 0 Å². The number of carbonyl (C=O) groups is 3. The van der Waals surface area contributed by atoms with Crippen LogP contribution < -0.4 is 16.8 Å². The van der Waals surface area contributed by atoms with Gasteiger partial charge in [-0.1, -0.05) is 0 Å². The summed E-state index contributed by atoms with van der Waals surface area (Å²) in [7, 11) is 0. The predicted octanol–water partition coefficient (Wildman–Crippen LogP) is -1.51. The van der Waals surface area contributed by atoms with Crippen LogP contribution >= 0.6 is 0 Å². The molecule has 18 heavy (non-hydrogen) atoms. The molecule has 0 fully saturated rings. The summed E-state index contributed by atoms with van der Waals surface area (Å²) >= 11 is 0. The van der Waals surface area contributed by atoms with Crippen molar-refractivity contribution in [2.24, 2.45) is 11.5 Å². The lowest BCUT2D eigenvalue weighted by Gasteiger charge is -2.17. The fourth-order valence-electron chi connectivity index (χ4n) is 1.27. The molecule has 0 aromatic carbocycles. The molecule has 0 radical (unpaired) electrons. The Morgan fingerprint density at radius 2 is 1.78 bits per heavy atom. The van der Waals surface area contributed by atoms with Crippen LogP contribution in [0.2, 0.25) is 0 Å². The molecule has 1 amide bonds. The van der Waals surface area contributed by atoms with Crippen LogP contribution in [0.15, 0.2) is 0 Å². The molecule has 0 bridgehead atoms. The van der Waals surface area contributed by atoms with Crippen molar-refractivity contribution in [2.45, 2.75) is 37.8 Å². The molecule has 0 spiro atoms. The molecule has 0 rings (SSSR count). The highest BCUT2D eigenvalue weighted by Gasteiger charge is 2.23. The Kier molecular flexibility index (Phi) is 7.64. The van der Waals surface area contributed by atoms with Gasteiger partial charge < -0.3 is 27.0 Å². The molecule has 0 saturated carbocycles. The summed E-state index contributed by atoms with van der Waals surface area (Å²) < 4.78 is 0. The molecule has 7 N–H and O–H groups in total. The highest BCUT2D eigenvalue weighted by atomic mass is 16.4. The average molecular weight is 261 g/mol. The molecule has 0 heterocycles. The van der Waals surface area contributed by atoms with E-state index in [4.69, 9.17) is 21.7 Å². The third-order valence-corrected chi connectivity index (χ3v) is 2.32. The number of nitrogens with one attached hydrogen (secondary N) is 1.